The van der Waals surface area contributed by atoms with Crippen LogP contribution in [0.15, 0.2) is 24.3 Å². The molecule has 4 nitrogen and oxygen atoms in total. The maximum Gasteiger partial charge on any atom is 0.246 e. The Hall–Kier alpha value is -1.97. The number of amides is 1. The summed E-state index contributed by atoms with van der Waals surface area (Å²) in [6.45, 7) is 6.04. The second-order valence-corrected chi connectivity index (χ2v) is 4.77. The lowest BCUT2D eigenvalue weighted by molar-refractivity contribution is -0.126. The normalized spacial score (nSPS) is 12.9. The van der Waals surface area contributed by atoms with E-state index in [4.69, 9.17) is 9.47 Å². The van der Waals surface area contributed by atoms with E-state index in [1.54, 1.807) is 6.08 Å². The third kappa shape index (κ3) is 3.53. The van der Waals surface area contributed by atoms with E-state index in [2.05, 4.69) is 13.8 Å². The van der Waals surface area contributed by atoms with Gasteiger partial charge in [0, 0.05) is 19.2 Å². The first-order valence-electron chi connectivity index (χ1n) is 7.11. The Kier molecular flexibility index (Phi) is 5.04. The molecule has 0 saturated carbocycles. The van der Waals surface area contributed by atoms with Gasteiger partial charge in [0.05, 0.1) is 0 Å². The minimum atomic E-state index is 0.0615. The Morgan fingerprint density at radius 3 is 2.60 bits per heavy atom. The van der Waals surface area contributed by atoms with E-state index in [0.717, 1.165) is 43.0 Å². The van der Waals surface area contributed by atoms with Crippen LogP contribution in [-0.4, -0.2) is 30.7 Å². The van der Waals surface area contributed by atoms with E-state index >= 15 is 0 Å². The van der Waals surface area contributed by atoms with Crippen LogP contribution in [0.1, 0.15) is 32.3 Å². The number of fused-ring (bicyclic) bond motifs is 1. The molecule has 0 N–H and O–H groups in total. The van der Waals surface area contributed by atoms with Gasteiger partial charge in [-0.2, -0.15) is 0 Å². The standard InChI is InChI=1S/C16H21NO3/c1-3-9-17(10-4-2)16(18)8-6-13-5-7-14-15(11-13)20-12-19-14/h5-8,11H,3-4,9-10,12H2,1-2H3/b8-6+. The first-order valence-corrected chi connectivity index (χ1v) is 7.11. The molecule has 0 fully saturated rings. The summed E-state index contributed by atoms with van der Waals surface area (Å²) < 4.78 is 10.6. The monoisotopic (exact) mass is 275 g/mol. The molecule has 1 aliphatic heterocycles. The first-order chi connectivity index (χ1) is 9.74. The van der Waals surface area contributed by atoms with Gasteiger partial charge in [-0.05, 0) is 36.6 Å². The third-order valence-corrected chi connectivity index (χ3v) is 3.11. The quantitative estimate of drug-likeness (QED) is 0.749. The lowest BCUT2D eigenvalue weighted by atomic mass is 10.2. The van der Waals surface area contributed by atoms with Crippen molar-refractivity contribution in [2.24, 2.45) is 0 Å². The van der Waals surface area contributed by atoms with Crippen LogP contribution in [0.3, 0.4) is 0 Å². The molecular weight excluding hydrogens is 254 g/mol. The molecule has 0 aromatic heterocycles. The third-order valence-electron chi connectivity index (χ3n) is 3.11. The van der Waals surface area contributed by atoms with Gasteiger partial charge in [0.2, 0.25) is 12.7 Å². The van der Waals surface area contributed by atoms with Crippen molar-refractivity contribution in [3.05, 3.63) is 29.8 Å². The molecule has 1 amide bonds. The molecule has 4 heteroatoms. The van der Waals surface area contributed by atoms with Gasteiger partial charge in [0.25, 0.3) is 0 Å². The number of rotatable bonds is 6. The van der Waals surface area contributed by atoms with Crippen LogP contribution >= 0.6 is 0 Å². The van der Waals surface area contributed by atoms with Crippen molar-refractivity contribution in [3.8, 4) is 11.5 Å². The summed E-state index contributed by atoms with van der Waals surface area (Å²) in [7, 11) is 0. The van der Waals surface area contributed by atoms with Crippen molar-refractivity contribution in [2.45, 2.75) is 26.7 Å². The molecule has 0 unspecified atom stereocenters. The zero-order chi connectivity index (χ0) is 14.4. The molecule has 1 heterocycles. The molecule has 0 spiro atoms. The van der Waals surface area contributed by atoms with Gasteiger partial charge in [-0.25, -0.2) is 0 Å². The Morgan fingerprint density at radius 2 is 1.90 bits per heavy atom. The second kappa shape index (κ2) is 6.98. The summed E-state index contributed by atoms with van der Waals surface area (Å²) in [5, 5.41) is 0. The Morgan fingerprint density at radius 1 is 1.20 bits per heavy atom. The lowest BCUT2D eigenvalue weighted by Gasteiger charge is -2.19. The number of carbonyl (C=O) groups is 1. The molecule has 0 bridgehead atoms. The number of hydrogen-bond donors (Lipinski definition) is 0. The van der Waals surface area contributed by atoms with Gasteiger partial charge in [-0.15, -0.1) is 0 Å². The van der Waals surface area contributed by atoms with Crippen molar-refractivity contribution >= 4 is 12.0 Å². The number of hydrogen-bond acceptors (Lipinski definition) is 3. The van der Waals surface area contributed by atoms with Gasteiger partial charge in [0.1, 0.15) is 0 Å². The number of nitrogens with zero attached hydrogens (tertiary/aromatic N) is 1. The highest BCUT2D eigenvalue weighted by molar-refractivity contribution is 5.91. The van der Waals surface area contributed by atoms with Crippen LogP contribution in [0.25, 0.3) is 6.08 Å². The predicted molar refractivity (Wildman–Crippen MR) is 78.8 cm³/mol. The molecule has 20 heavy (non-hydrogen) atoms. The Bertz CT molecular complexity index is 490. The van der Waals surface area contributed by atoms with Crippen LogP contribution in [0, 0.1) is 0 Å². The fourth-order valence-electron chi connectivity index (χ4n) is 2.16. The smallest absolute Gasteiger partial charge is 0.246 e. The molecule has 0 aliphatic carbocycles. The molecule has 1 aromatic rings. The highest BCUT2D eigenvalue weighted by Gasteiger charge is 2.12. The summed E-state index contributed by atoms with van der Waals surface area (Å²) in [4.78, 5) is 14.0. The van der Waals surface area contributed by atoms with Crippen LogP contribution < -0.4 is 9.47 Å². The van der Waals surface area contributed by atoms with E-state index in [1.165, 1.54) is 0 Å². The van der Waals surface area contributed by atoms with Gasteiger partial charge >= 0.3 is 0 Å². The number of ether oxygens (including phenoxy) is 2. The van der Waals surface area contributed by atoms with Crippen molar-refractivity contribution in [3.63, 3.8) is 0 Å². The largest absolute Gasteiger partial charge is 0.454 e. The molecule has 108 valence electrons. The van der Waals surface area contributed by atoms with Crippen molar-refractivity contribution in [1.82, 2.24) is 4.90 Å². The van der Waals surface area contributed by atoms with Crippen molar-refractivity contribution in [2.75, 3.05) is 19.9 Å². The Labute approximate surface area is 120 Å². The fourth-order valence-corrected chi connectivity index (χ4v) is 2.16. The summed E-state index contributed by atoms with van der Waals surface area (Å²) in [5.74, 6) is 1.55. The zero-order valence-corrected chi connectivity index (χ0v) is 12.1. The van der Waals surface area contributed by atoms with Gasteiger partial charge in [0.15, 0.2) is 11.5 Å². The van der Waals surface area contributed by atoms with Crippen LogP contribution in [0.4, 0.5) is 0 Å². The maximum absolute atomic E-state index is 12.1. The van der Waals surface area contributed by atoms with Crippen LogP contribution in [0.2, 0.25) is 0 Å². The number of benzene rings is 1. The van der Waals surface area contributed by atoms with E-state index in [0.29, 0.717) is 0 Å². The average molecular weight is 275 g/mol. The fraction of sp³-hybridized carbons (Fsp3) is 0.438. The predicted octanol–water partition coefficient (Wildman–Crippen LogP) is 3.08. The SMILES string of the molecule is CCCN(CCC)C(=O)/C=C/c1ccc2c(c1)OCO2. The first kappa shape index (κ1) is 14.4. The summed E-state index contributed by atoms with van der Waals surface area (Å²) >= 11 is 0. The molecule has 0 atom stereocenters. The van der Waals surface area contributed by atoms with Crippen molar-refractivity contribution in [1.29, 1.82) is 0 Å². The highest BCUT2D eigenvalue weighted by Crippen LogP contribution is 2.32. The molecule has 2 rings (SSSR count). The minimum absolute atomic E-state index is 0.0615. The lowest BCUT2D eigenvalue weighted by Crippen LogP contribution is -2.30. The van der Waals surface area contributed by atoms with Crippen LogP contribution in [0.5, 0.6) is 11.5 Å². The van der Waals surface area contributed by atoms with E-state index in [1.807, 2.05) is 29.2 Å². The van der Waals surface area contributed by atoms with Gasteiger partial charge in [-0.3, -0.25) is 4.79 Å². The van der Waals surface area contributed by atoms with E-state index in [9.17, 15) is 4.79 Å². The average Bonchev–Trinajstić information content (AvgIpc) is 2.92. The van der Waals surface area contributed by atoms with Gasteiger partial charge in [-0.1, -0.05) is 19.9 Å². The van der Waals surface area contributed by atoms with E-state index < -0.39 is 0 Å². The number of carbonyl (C=O) groups excluding carboxylic acids is 1. The summed E-state index contributed by atoms with van der Waals surface area (Å²) in [6, 6.07) is 5.67. The van der Waals surface area contributed by atoms with E-state index in [-0.39, 0.29) is 12.7 Å². The summed E-state index contributed by atoms with van der Waals surface area (Å²) in [5.41, 5.74) is 0.940. The zero-order valence-electron chi connectivity index (χ0n) is 12.1. The highest BCUT2D eigenvalue weighted by atomic mass is 16.7. The molecular formula is C16H21NO3. The van der Waals surface area contributed by atoms with Gasteiger partial charge < -0.3 is 14.4 Å². The molecule has 0 radical (unpaired) electrons. The second-order valence-electron chi connectivity index (χ2n) is 4.77. The molecule has 0 saturated heterocycles. The summed E-state index contributed by atoms with van der Waals surface area (Å²) in [6.07, 6.45) is 5.40. The Balaban J connectivity index is 2.02. The molecule has 1 aliphatic rings. The topological polar surface area (TPSA) is 38.8 Å². The van der Waals surface area contributed by atoms with Crippen molar-refractivity contribution < 1.29 is 14.3 Å². The minimum Gasteiger partial charge on any atom is -0.454 e. The molecule has 1 aromatic carbocycles. The maximum atomic E-state index is 12.1. The van der Waals surface area contributed by atoms with Crippen LogP contribution in [-0.2, 0) is 4.79 Å².